The van der Waals surface area contributed by atoms with Gasteiger partial charge in [-0.05, 0) is 42.7 Å². The van der Waals surface area contributed by atoms with E-state index in [1.807, 2.05) is 0 Å². The second-order valence-corrected chi connectivity index (χ2v) is 5.98. The number of aryl methyl sites for hydroxylation is 1. The Labute approximate surface area is 130 Å². The number of rotatable bonds is 9. The Hall–Kier alpha value is -1.88. The van der Waals surface area contributed by atoms with Crippen molar-refractivity contribution < 1.29 is 19.4 Å². The lowest BCUT2D eigenvalue weighted by Gasteiger charge is -2.15. The van der Waals surface area contributed by atoms with Gasteiger partial charge in [-0.2, -0.15) is 0 Å². The number of amides is 1. The van der Waals surface area contributed by atoms with Gasteiger partial charge < -0.3 is 15.2 Å². The minimum absolute atomic E-state index is 0.0242. The smallest absolute Gasteiger partial charge is 0.335 e. The van der Waals surface area contributed by atoms with Crippen molar-refractivity contribution in [1.29, 1.82) is 0 Å². The Morgan fingerprint density at radius 2 is 2.05 bits per heavy atom. The molecule has 1 aliphatic carbocycles. The van der Waals surface area contributed by atoms with E-state index in [0.29, 0.717) is 24.9 Å². The number of ether oxygens (including phenoxy) is 1. The van der Waals surface area contributed by atoms with Crippen LogP contribution in [0, 0.1) is 5.41 Å². The normalized spacial score (nSPS) is 15.3. The van der Waals surface area contributed by atoms with Gasteiger partial charge in [-0.25, -0.2) is 4.79 Å². The highest BCUT2D eigenvalue weighted by Crippen LogP contribution is 2.48. The Bertz CT molecular complexity index is 537. The number of hydrogen-bond donors (Lipinski definition) is 2. The van der Waals surface area contributed by atoms with Crippen molar-refractivity contribution in [3.8, 4) is 0 Å². The van der Waals surface area contributed by atoms with Gasteiger partial charge >= 0.3 is 5.97 Å². The lowest BCUT2D eigenvalue weighted by Crippen LogP contribution is -2.31. The summed E-state index contributed by atoms with van der Waals surface area (Å²) in [7, 11) is 1.69. The minimum Gasteiger partial charge on any atom is -0.478 e. The highest BCUT2D eigenvalue weighted by atomic mass is 16.5. The zero-order valence-electron chi connectivity index (χ0n) is 12.9. The first-order chi connectivity index (χ1) is 10.6. The monoisotopic (exact) mass is 305 g/mol. The quantitative estimate of drug-likeness (QED) is 0.733. The van der Waals surface area contributed by atoms with Crippen LogP contribution in [0.25, 0.3) is 0 Å². The average Bonchev–Trinajstić information content (AvgIpc) is 3.29. The molecule has 120 valence electrons. The van der Waals surface area contributed by atoms with Gasteiger partial charge in [-0.1, -0.05) is 18.2 Å². The molecular formula is C17H23NO4. The summed E-state index contributed by atoms with van der Waals surface area (Å²) in [5, 5.41) is 12.1. The van der Waals surface area contributed by atoms with E-state index in [2.05, 4.69) is 5.32 Å². The highest BCUT2D eigenvalue weighted by molar-refractivity contribution is 5.89. The number of hydrogen-bond acceptors (Lipinski definition) is 3. The second kappa shape index (κ2) is 7.40. The molecule has 0 bridgehead atoms. The fraction of sp³-hybridized carbons (Fsp3) is 0.529. The van der Waals surface area contributed by atoms with E-state index in [0.717, 1.165) is 25.9 Å². The van der Waals surface area contributed by atoms with Crippen LogP contribution in [0.15, 0.2) is 24.3 Å². The Balaban J connectivity index is 1.78. The third-order valence-corrected chi connectivity index (χ3v) is 4.32. The van der Waals surface area contributed by atoms with Crippen LogP contribution in [-0.4, -0.2) is 37.2 Å². The fourth-order valence-corrected chi connectivity index (χ4v) is 2.58. The highest BCUT2D eigenvalue weighted by Gasteiger charge is 2.41. The van der Waals surface area contributed by atoms with Crippen LogP contribution in [-0.2, 0) is 16.0 Å². The summed E-state index contributed by atoms with van der Waals surface area (Å²) in [4.78, 5) is 23.1. The molecule has 0 saturated heterocycles. The van der Waals surface area contributed by atoms with Crippen molar-refractivity contribution in [2.75, 3.05) is 20.3 Å². The summed E-state index contributed by atoms with van der Waals surface area (Å²) in [6, 6.07) is 6.82. The van der Waals surface area contributed by atoms with Crippen LogP contribution >= 0.6 is 0 Å². The largest absolute Gasteiger partial charge is 0.478 e. The first-order valence-corrected chi connectivity index (χ1v) is 7.63. The van der Waals surface area contributed by atoms with Gasteiger partial charge in [-0.3, -0.25) is 4.79 Å². The molecule has 1 amide bonds. The van der Waals surface area contributed by atoms with Crippen LogP contribution in [0.5, 0.6) is 0 Å². The molecule has 1 aromatic carbocycles. The number of aromatic carboxylic acids is 1. The van der Waals surface area contributed by atoms with E-state index < -0.39 is 5.97 Å². The minimum atomic E-state index is -0.951. The van der Waals surface area contributed by atoms with E-state index >= 15 is 0 Å². The Kier molecular flexibility index (Phi) is 5.55. The number of carboxylic acid groups (broad SMARTS) is 1. The molecule has 22 heavy (non-hydrogen) atoms. The van der Waals surface area contributed by atoms with Crippen LogP contribution < -0.4 is 5.32 Å². The third-order valence-electron chi connectivity index (χ3n) is 4.32. The van der Waals surface area contributed by atoms with Crippen molar-refractivity contribution in [2.45, 2.75) is 32.1 Å². The first-order valence-electron chi connectivity index (χ1n) is 7.63. The summed E-state index contributed by atoms with van der Waals surface area (Å²) in [6.45, 7) is 1.41. The number of carbonyl (C=O) groups excluding carboxylic acids is 1. The SMILES string of the molecule is COCCC1(CNC(=O)CCc2ccccc2C(=O)O)CC1. The summed E-state index contributed by atoms with van der Waals surface area (Å²) in [5.41, 5.74) is 1.20. The van der Waals surface area contributed by atoms with E-state index in [9.17, 15) is 9.59 Å². The van der Waals surface area contributed by atoms with Crippen molar-refractivity contribution >= 4 is 11.9 Å². The molecule has 0 radical (unpaired) electrons. The molecule has 0 spiro atoms. The summed E-state index contributed by atoms with van der Waals surface area (Å²) in [5.74, 6) is -0.976. The van der Waals surface area contributed by atoms with Crippen molar-refractivity contribution in [3.05, 3.63) is 35.4 Å². The molecule has 2 N–H and O–H groups in total. The van der Waals surface area contributed by atoms with E-state index in [-0.39, 0.29) is 16.9 Å². The molecular weight excluding hydrogens is 282 g/mol. The van der Waals surface area contributed by atoms with Gasteiger partial charge in [0.25, 0.3) is 0 Å². The van der Waals surface area contributed by atoms with E-state index in [1.54, 1.807) is 31.4 Å². The molecule has 2 rings (SSSR count). The van der Waals surface area contributed by atoms with Crippen molar-refractivity contribution in [1.82, 2.24) is 5.32 Å². The van der Waals surface area contributed by atoms with Crippen LogP contribution in [0.4, 0.5) is 0 Å². The number of nitrogens with one attached hydrogen (secondary N) is 1. The summed E-state index contributed by atoms with van der Waals surface area (Å²) >= 11 is 0. The van der Waals surface area contributed by atoms with Gasteiger partial charge in [0.2, 0.25) is 5.91 Å². The maximum Gasteiger partial charge on any atom is 0.335 e. The maximum absolute atomic E-state index is 12.0. The first kappa shape index (κ1) is 16.5. The average molecular weight is 305 g/mol. The number of benzene rings is 1. The maximum atomic E-state index is 12.0. The molecule has 5 heteroatoms. The number of carboxylic acids is 1. The molecule has 5 nitrogen and oxygen atoms in total. The standard InChI is InChI=1S/C17H23NO4/c1-22-11-10-17(8-9-17)12-18-15(19)7-6-13-4-2-3-5-14(13)16(20)21/h2-5H,6-12H2,1H3,(H,18,19)(H,20,21). The van der Waals surface area contributed by atoms with E-state index in [4.69, 9.17) is 9.84 Å². The molecule has 1 saturated carbocycles. The van der Waals surface area contributed by atoms with E-state index in [1.165, 1.54) is 0 Å². The zero-order chi connectivity index (χ0) is 16.0. The fourth-order valence-electron chi connectivity index (χ4n) is 2.58. The summed E-state index contributed by atoms with van der Waals surface area (Å²) in [6.07, 6.45) is 4.01. The Morgan fingerprint density at radius 1 is 1.32 bits per heavy atom. The lowest BCUT2D eigenvalue weighted by molar-refractivity contribution is -0.121. The summed E-state index contributed by atoms with van der Waals surface area (Å²) < 4.78 is 5.10. The van der Waals surface area contributed by atoms with Gasteiger partial charge in [0, 0.05) is 26.7 Å². The Morgan fingerprint density at radius 3 is 2.68 bits per heavy atom. The van der Waals surface area contributed by atoms with Crippen molar-refractivity contribution in [2.24, 2.45) is 5.41 Å². The predicted octanol–water partition coefficient (Wildman–Crippen LogP) is 2.25. The number of methoxy groups -OCH3 is 1. The van der Waals surface area contributed by atoms with Crippen LogP contribution in [0.3, 0.4) is 0 Å². The molecule has 0 aliphatic heterocycles. The molecule has 1 aliphatic rings. The molecule has 1 aromatic rings. The molecule has 0 atom stereocenters. The van der Waals surface area contributed by atoms with Crippen molar-refractivity contribution in [3.63, 3.8) is 0 Å². The molecule has 0 unspecified atom stereocenters. The lowest BCUT2D eigenvalue weighted by atomic mass is 10.0. The van der Waals surface area contributed by atoms with Gasteiger partial charge in [0.05, 0.1) is 5.56 Å². The molecule has 0 heterocycles. The van der Waals surface area contributed by atoms with Crippen LogP contribution in [0.2, 0.25) is 0 Å². The second-order valence-electron chi connectivity index (χ2n) is 5.98. The third kappa shape index (κ3) is 4.56. The zero-order valence-corrected chi connectivity index (χ0v) is 12.9. The molecule has 1 fully saturated rings. The van der Waals surface area contributed by atoms with Gasteiger partial charge in [0.1, 0.15) is 0 Å². The number of carbonyl (C=O) groups is 2. The predicted molar refractivity (Wildman–Crippen MR) is 82.9 cm³/mol. The van der Waals surface area contributed by atoms with Crippen LogP contribution in [0.1, 0.15) is 41.6 Å². The van der Waals surface area contributed by atoms with Gasteiger partial charge in [0.15, 0.2) is 0 Å². The molecule has 0 aromatic heterocycles. The topological polar surface area (TPSA) is 75.6 Å². The van der Waals surface area contributed by atoms with Gasteiger partial charge in [-0.15, -0.1) is 0 Å².